The number of ether oxygens (including phenoxy) is 2. The quantitative estimate of drug-likeness (QED) is 0.182. The highest BCUT2D eigenvalue weighted by atomic mass is 127. The van der Waals surface area contributed by atoms with Gasteiger partial charge in [0.1, 0.15) is 6.61 Å². The number of aliphatic imine (C=N–C) groups is 1. The maximum absolute atomic E-state index is 13.7. The third-order valence-electron chi connectivity index (χ3n) is 6.62. The van der Waals surface area contributed by atoms with Crippen LogP contribution in [0, 0.1) is 3.57 Å². The average Bonchev–Trinajstić information content (AvgIpc) is 3.14. The van der Waals surface area contributed by atoms with Crippen LogP contribution in [-0.4, -0.2) is 41.3 Å². The molecule has 0 bridgehead atoms. The molecule has 0 atom stereocenters. The van der Waals surface area contributed by atoms with Crippen molar-refractivity contribution in [1.82, 2.24) is 4.90 Å². The number of hydrogen-bond acceptors (Lipinski definition) is 5. The molecule has 1 saturated heterocycles. The van der Waals surface area contributed by atoms with E-state index < -0.39 is 0 Å². The summed E-state index contributed by atoms with van der Waals surface area (Å²) in [7, 11) is 0. The van der Waals surface area contributed by atoms with Gasteiger partial charge in [0, 0.05) is 6.04 Å². The Morgan fingerprint density at radius 3 is 2.50 bits per heavy atom. The molecule has 1 heterocycles. The standard InChI is InChI=1S/C27H35IN2O3S/c1-3-15-33-25-22(28)16-19(17-23(25)32-4-2)18-24-26(31)30(21-13-9-6-10-14-21)27(34-24)29-20-11-7-5-8-12-20/h3,16-18,20-21H,1,4-15H2,2H3. The second-order valence-electron chi connectivity index (χ2n) is 9.14. The van der Waals surface area contributed by atoms with Gasteiger partial charge in [0.25, 0.3) is 5.91 Å². The molecule has 0 N–H and O–H groups in total. The summed E-state index contributed by atoms with van der Waals surface area (Å²) >= 11 is 3.82. The third-order valence-corrected chi connectivity index (χ3v) is 8.42. The fourth-order valence-electron chi connectivity index (χ4n) is 4.97. The van der Waals surface area contributed by atoms with Crippen molar-refractivity contribution in [2.45, 2.75) is 83.2 Å². The van der Waals surface area contributed by atoms with Crippen LogP contribution in [0.25, 0.3) is 6.08 Å². The summed E-state index contributed by atoms with van der Waals surface area (Å²) in [4.78, 5) is 21.6. The van der Waals surface area contributed by atoms with E-state index in [9.17, 15) is 4.79 Å². The number of halogens is 1. The molecule has 3 fully saturated rings. The Bertz CT molecular complexity index is 949. The number of amides is 1. The Kier molecular flexibility index (Phi) is 9.39. The fraction of sp³-hybridized carbons (Fsp3) is 0.556. The Morgan fingerprint density at radius 2 is 1.82 bits per heavy atom. The number of carbonyl (C=O) groups is 1. The van der Waals surface area contributed by atoms with Crippen molar-refractivity contribution >= 4 is 51.5 Å². The van der Waals surface area contributed by atoms with E-state index in [1.807, 2.05) is 30.0 Å². The Morgan fingerprint density at radius 1 is 1.12 bits per heavy atom. The van der Waals surface area contributed by atoms with Crippen molar-refractivity contribution in [3.63, 3.8) is 0 Å². The van der Waals surface area contributed by atoms with Gasteiger partial charge in [0.05, 0.1) is 21.1 Å². The molecular formula is C27H35IN2O3S. The van der Waals surface area contributed by atoms with Crippen molar-refractivity contribution in [3.05, 3.63) is 38.8 Å². The molecule has 184 valence electrons. The largest absolute Gasteiger partial charge is 0.490 e. The van der Waals surface area contributed by atoms with Gasteiger partial charge in [-0.1, -0.05) is 51.2 Å². The first-order chi connectivity index (χ1) is 16.6. The lowest BCUT2D eigenvalue weighted by Gasteiger charge is -2.31. The number of rotatable bonds is 8. The smallest absolute Gasteiger partial charge is 0.266 e. The minimum atomic E-state index is 0.103. The molecular weight excluding hydrogens is 559 g/mol. The first-order valence-electron chi connectivity index (χ1n) is 12.6. The summed E-state index contributed by atoms with van der Waals surface area (Å²) in [5.41, 5.74) is 0.942. The van der Waals surface area contributed by atoms with Crippen LogP contribution in [-0.2, 0) is 4.79 Å². The van der Waals surface area contributed by atoms with Gasteiger partial charge < -0.3 is 9.47 Å². The monoisotopic (exact) mass is 594 g/mol. The Hall–Kier alpha value is -1.48. The summed E-state index contributed by atoms with van der Waals surface area (Å²) in [6.07, 6.45) is 15.6. The molecule has 2 aliphatic carbocycles. The van der Waals surface area contributed by atoms with E-state index in [1.54, 1.807) is 17.8 Å². The van der Waals surface area contributed by atoms with E-state index >= 15 is 0 Å². The van der Waals surface area contributed by atoms with Crippen LogP contribution in [0.5, 0.6) is 11.5 Å². The molecule has 34 heavy (non-hydrogen) atoms. The van der Waals surface area contributed by atoms with Crippen molar-refractivity contribution in [1.29, 1.82) is 0 Å². The molecule has 1 aromatic carbocycles. The summed E-state index contributed by atoms with van der Waals surface area (Å²) in [5.74, 6) is 1.52. The maximum atomic E-state index is 13.7. The van der Waals surface area contributed by atoms with Crippen molar-refractivity contribution < 1.29 is 14.3 Å². The maximum Gasteiger partial charge on any atom is 0.266 e. The molecule has 1 aliphatic heterocycles. The summed E-state index contributed by atoms with van der Waals surface area (Å²) < 4.78 is 12.7. The van der Waals surface area contributed by atoms with E-state index in [-0.39, 0.29) is 11.9 Å². The van der Waals surface area contributed by atoms with Crippen LogP contribution in [0.1, 0.15) is 76.7 Å². The first kappa shape index (κ1) is 25.6. The Balaban J connectivity index is 1.65. The number of carbonyl (C=O) groups excluding carboxylic acids is 1. The van der Waals surface area contributed by atoms with Gasteiger partial charge in [0.15, 0.2) is 16.7 Å². The number of hydrogen-bond donors (Lipinski definition) is 0. The molecule has 7 heteroatoms. The zero-order valence-corrected chi connectivity index (χ0v) is 23.0. The van der Waals surface area contributed by atoms with Gasteiger partial charge in [-0.2, -0.15) is 0 Å². The number of amidine groups is 1. The van der Waals surface area contributed by atoms with Crippen LogP contribution in [0.15, 0.2) is 34.7 Å². The van der Waals surface area contributed by atoms with Crippen molar-refractivity contribution in [2.24, 2.45) is 4.99 Å². The van der Waals surface area contributed by atoms with Gasteiger partial charge in [-0.15, -0.1) is 0 Å². The topological polar surface area (TPSA) is 51.1 Å². The van der Waals surface area contributed by atoms with Gasteiger partial charge in [-0.05, 0) is 90.7 Å². The third kappa shape index (κ3) is 6.20. The molecule has 0 radical (unpaired) electrons. The molecule has 4 rings (SSSR count). The van der Waals surface area contributed by atoms with Crippen molar-refractivity contribution in [2.75, 3.05) is 13.2 Å². The predicted octanol–water partition coefficient (Wildman–Crippen LogP) is 7.19. The minimum Gasteiger partial charge on any atom is -0.490 e. The van der Waals surface area contributed by atoms with E-state index in [0.29, 0.717) is 25.0 Å². The summed E-state index contributed by atoms with van der Waals surface area (Å²) in [5, 5.41) is 0.917. The zero-order valence-electron chi connectivity index (χ0n) is 20.1. The molecule has 5 nitrogen and oxygen atoms in total. The number of benzene rings is 1. The van der Waals surface area contributed by atoms with E-state index in [2.05, 4.69) is 29.2 Å². The van der Waals surface area contributed by atoms with E-state index in [4.69, 9.17) is 14.5 Å². The van der Waals surface area contributed by atoms with Crippen LogP contribution in [0.2, 0.25) is 0 Å². The van der Waals surface area contributed by atoms with E-state index in [0.717, 1.165) is 50.6 Å². The fourth-order valence-corrected chi connectivity index (χ4v) is 6.86. The first-order valence-corrected chi connectivity index (χ1v) is 14.5. The van der Waals surface area contributed by atoms with Gasteiger partial charge in [0.2, 0.25) is 0 Å². The highest BCUT2D eigenvalue weighted by Crippen LogP contribution is 2.40. The Labute approximate surface area is 221 Å². The molecule has 0 spiro atoms. The van der Waals surface area contributed by atoms with Gasteiger partial charge >= 0.3 is 0 Å². The van der Waals surface area contributed by atoms with Crippen molar-refractivity contribution in [3.8, 4) is 11.5 Å². The minimum absolute atomic E-state index is 0.103. The van der Waals surface area contributed by atoms with Crippen LogP contribution < -0.4 is 9.47 Å². The second-order valence-corrected chi connectivity index (χ2v) is 11.3. The molecule has 1 amide bonds. The van der Waals surface area contributed by atoms with E-state index in [1.165, 1.54) is 38.5 Å². The number of nitrogens with zero attached hydrogens (tertiary/aromatic N) is 2. The summed E-state index contributed by atoms with van der Waals surface area (Å²) in [6, 6.07) is 4.63. The predicted molar refractivity (Wildman–Crippen MR) is 150 cm³/mol. The normalized spacial score (nSPS) is 22.5. The lowest BCUT2D eigenvalue weighted by atomic mass is 9.94. The van der Waals surface area contributed by atoms with Crippen LogP contribution >= 0.6 is 34.4 Å². The average molecular weight is 595 g/mol. The highest BCUT2D eigenvalue weighted by molar-refractivity contribution is 14.1. The van der Waals surface area contributed by atoms with Crippen LogP contribution in [0.3, 0.4) is 0 Å². The molecule has 0 aromatic heterocycles. The van der Waals surface area contributed by atoms with Crippen LogP contribution in [0.4, 0.5) is 0 Å². The molecule has 1 aromatic rings. The SMILES string of the molecule is C=CCOc1c(I)cc(C=C2SC(=NC3CCCCC3)N(C3CCCCC3)C2=O)cc1OCC. The van der Waals surface area contributed by atoms with Gasteiger partial charge in [-0.3, -0.25) is 14.7 Å². The molecule has 2 saturated carbocycles. The highest BCUT2D eigenvalue weighted by Gasteiger charge is 2.39. The van der Waals surface area contributed by atoms with Gasteiger partial charge in [-0.25, -0.2) is 0 Å². The lowest BCUT2D eigenvalue weighted by Crippen LogP contribution is -2.41. The number of thioether (sulfide) groups is 1. The summed E-state index contributed by atoms with van der Waals surface area (Å²) in [6.45, 7) is 6.66. The molecule has 0 unspecified atom stereocenters. The zero-order chi connectivity index (χ0) is 23.9. The molecule has 3 aliphatic rings. The second kappa shape index (κ2) is 12.5. The lowest BCUT2D eigenvalue weighted by molar-refractivity contribution is -0.124.